The maximum absolute atomic E-state index is 6.17. The third kappa shape index (κ3) is 3.70. The molecule has 4 nitrogen and oxygen atoms in total. The minimum absolute atomic E-state index is 0.331. The predicted octanol–water partition coefficient (Wildman–Crippen LogP) is 3.63. The fourth-order valence-electron chi connectivity index (χ4n) is 3.10. The van der Waals surface area contributed by atoms with Gasteiger partial charge in [-0.3, -0.25) is 0 Å². The van der Waals surface area contributed by atoms with Crippen LogP contribution in [0.5, 0.6) is 0 Å². The first-order valence-electron chi connectivity index (χ1n) is 7.96. The zero-order valence-corrected chi connectivity index (χ0v) is 12.4. The highest BCUT2D eigenvalue weighted by Crippen LogP contribution is 2.27. The van der Waals surface area contributed by atoms with Gasteiger partial charge in [0.15, 0.2) is 0 Å². The van der Waals surface area contributed by atoms with Gasteiger partial charge in [0.1, 0.15) is 6.04 Å². The SMILES string of the molecule is NC(c1ccccc1)c1nnc(CCC2CCCCC2)o1. The van der Waals surface area contributed by atoms with Gasteiger partial charge < -0.3 is 10.2 Å². The number of aryl methyl sites for hydroxylation is 1. The van der Waals surface area contributed by atoms with Crippen LogP contribution in [0.3, 0.4) is 0 Å². The Kier molecular flexibility index (Phi) is 4.65. The van der Waals surface area contributed by atoms with Gasteiger partial charge in [0, 0.05) is 6.42 Å². The lowest BCUT2D eigenvalue weighted by Crippen LogP contribution is -2.12. The van der Waals surface area contributed by atoms with E-state index in [9.17, 15) is 0 Å². The third-order valence-electron chi connectivity index (χ3n) is 4.40. The first-order valence-corrected chi connectivity index (χ1v) is 7.96. The fourth-order valence-corrected chi connectivity index (χ4v) is 3.10. The zero-order valence-electron chi connectivity index (χ0n) is 12.4. The summed E-state index contributed by atoms with van der Waals surface area (Å²) in [5, 5.41) is 8.27. The van der Waals surface area contributed by atoms with Crippen LogP contribution in [0.2, 0.25) is 0 Å². The summed E-state index contributed by atoms with van der Waals surface area (Å²) in [5.41, 5.74) is 7.17. The number of nitrogens with zero attached hydrogens (tertiary/aromatic N) is 2. The number of hydrogen-bond acceptors (Lipinski definition) is 4. The number of nitrogens with two attached hydrogens (primary N) is 1. The van der Waals surface area contributed by atoms with E-state index in [1.807, 2.05) is 30.3 Å². The lowest BCUT2D eigenvalue weighted by atomic mass is 9.86. The maximum Gasteiger partial charge on any atom is 0.237 e. The number of benzene rings is 1. The molecule has 21 heavy (non-hydrogen) atoms. The average Bonchev–Trinajstić information content (AvgIpc) is 3.03. The monoisotopic (exact) mass is 285 g/mol. The largest absolute Gasteiger partial charge is 0.423 e. The van der Waals surface area contributed by atoms with Crippen molar-refractivity contribution >= 4 is 0 Å². The molecule has 1 aliphatic carbocycles. The second-order valence-corrected chi connectivity index (χ2v) is 5.97. The first kappa shape index (κ1) is 14.3. The Morgan fingerprint density at radius 1 is 1.10 bits per heavy atom. The Morgan fingerprint density at radius 3 is 2.62 bits per heavy atom. The van der Waals surface area contributed by atoms with Gasteiger partial charge in [-0.1, -0.05) is 62.4 Å². The lowest BCUT2D eigenvalue weighted by molar-refractivity contribution is 0.325. The second-order valence-electron chi connectivity index (χ2n) is 5.97. The minimum atomic E-state index is -0.331. The highest BCUT2D eigenvalue weighted by Gasteiger charge is 2.18. The summed E-state index contributed by atoms with van der Waals surface area (Å²) in [6.45, 7) is 0. The summed E-state index contributed by atoms with van der Waals surface area (Å²) in [7, 11) is 0. The van der Waals surface area contributed by atoms with Crippen molar-refractivity contribution in [2.24, 2.45) is 11.7 Å². The molecule has 0 spiro atoms. The Labute approximate surface area is 125 Å². The van der Waals surface area contributed by atoms with Gasteiger partial charge in [0.05, 0.1) is 0 Å². The summed E-state index contributed by atoms with van der Waals surface area (Å²) in [6, 6.07) is 9.54. The molecule has 1 aromatic heterocycles. The molecule has 1 saturated carbocycles. The summed E-state index contributed by atoms with van der Waals surface area (Å²) >= 11 is 0. The number of hydrogen-bond donors (Lipinski definition) is 1. The zero-order chi connectivity index (χ0) is 14.5. The van der Waals surface area contributed by atoms with Crippen molar-refractivity contribution in [3.8, 4) is 0 Å². The molecule has 1 heterocycles. The van der Waals surface area contributed by atoms with E-state index >= 15 is 0 Å². The van der Waals surface area contributed by atoms with Gasteiger partial charge in [-0.15, -0.1) is 10.2 Å². The van der Waals surface area contributed by atoms with E-state index in [1.165, 1.54) is 32.1 Å². The van der Waals surface area contributed by atoms with E-state index in [4.69, 9.17) is 10.2 Å². The molecule has 112 valence electrons. The highest BCUT2D eigenvalue weighted by atomic mass is 16.4. The minimum Gasteiger partial charge on any atom is -0.423 e. The average molecular weight is 285 g/mol. The van der Waals surface area contributed by atoms with Gasteiger partial charge in [-0.05, 0) is 17.9 Å². The lowest BCUT2D eigenvalue weighted by Gasteiger charge is -2.20. The Balaban J connectivity index is 1.58. The molecular weight excluding hydrogens is 262 g/mol. The predicted molar refractivity (Wildman–Crippen MR) is 81.7 cm³/mol. The molecule has 1 fully saturated rings. The summed E-state index contributed by atoms with van der Waals surface area (Å²) in [4.78, 5) is 0. The number of aromatic nitrogens is 2. The second kappa shape index (κ2) is 6.85. The van der Waals surface area contributed by atoms with Crippen LogP contribution in [0.1, 0.15) is 61.9 Å². The summed E-state index contributed by atoms with van der Waals surface area (Å²) in [5.74, 6) is 2.07. The molecule has 1 aliphatic rings. The fraction of sp³-hybridized carbons (Fsp3) is 0.529. The molecule has 2 N–H and O–H groups in total. The number of rotatable bonds is 5. The van der Waals surface area contributed by atoms with Gasteiger partial charge in [-0.2, -0.15) is 0 Å². The molecule has 0 amide bonds. The highest BCUT2D eigenvalue weighted by molar-refractivity contribution is 5.22. The maximum atomic E-state index is 6.17. The van der Waals surface area contributed by atoms with Crippen LogP contribution in [0, 0.1) is 5.92 Å². The normalized spacial score (nSPS) is 17.8. The quantitative estimate of drug-likeness (QED) is 0.911. The van der Waals surface area contributed by atoms with E-state index in [1.54, 1.807) is 0 Å². The van der Waals surface area contributed by atoms with E-state index in [2.05, 4.69) is 10.2 Å². The van der Waals surface area contributed by atoms with E-state index < -0.39 is 0 Å². The smallest absolute Gasteiger partial charge is 0.237 e. The molecule has 0 bridgehead atoms. The topological polar surface area (TPSA) is 64.9 Å². The molecule has 0 aliphatic heterocycles. The molecular formula is C17H23N3O. The molecule has 0 saturated heterocycles. The molecule has 1 unspecified atom stereocenters. The summed E-state index contributed by atoms with van der Waals surface area (Å²) < 4.78 is 5.74. The van der Waals surface area contributed by atoms with Gasteiger partial charge in [0.25, 0.3) is 0 Å². The molecule has 1 aromatic carbocycles. The van der Waals surface area contributed by atoms with Crippen molar-refractivity contribution in [2.75, 3.05) is 0 Å². The van der Waals surface area contributed by atoms with Crippen molar-refractivity contribution in [1.82, 2.24) is 10.2 Å². The third-order valence-corrected chi connectivity index (χ3v) is 4.40. The summed E-state index contributed by atoms with van der Waals surface area (Å²) in [6.07, 6.45) is 8.88. The molecule has 2 aromatic rings. The van der Waals surface area contributed by atoms with Crippen LogP contribution in [-0.2, 0) is 6.42 Å². The van der Waals surface area contributed by atoms with Crippen LogP contribution in [0.25, 0.3) is 0 Å². The van der Waals surface area contributed by atoms with E-state index in [-0.39, 0.29) is 6.04 Å². The Morgan fingerprint density at radius 2 is 1.86 bits per heavy atom. The van der Waals surface area contributed by atoms with Crippen LogP contribution < -0.4 is 5.73 Å². The van der Waals surface area contributed by atoms with E-state index in [0.717, 1.165) is 30.2 Å². The van der Waals surface area contributed by atoms with Crippen molar-refractivity contribution in [3.63, 3.8) is 0 Å². The van der Waals surface area contributed by atoms with Crippen molar-refractivity contribution in [2.45, 2.75) is 51.0 Å². The van der Waals surface area contributed by atoms with Crippen LogP contribution in [-0.4, -0.2) is 10.2 Å². The van der Waals surface area contributed by atoms with Crippen molar-refractivity contribution in [3.05, 3.63) is 47.7 Å². The molecule has 0 radical (unpaired) electrons. The van der Waals surface area contributed by atoms with Crippen LogP contribution >= 0.6 is 0 Å². The van der Waals surface area contributed by atoms with E-state index in [0.29, 0.717) is 5.89 Å². The Bertz CT molecular complexity index is 546. The van der Waals surface area contributed by atoms with Crippen LogP contribution in [0.4, 0.5) is 0 Å². The molecule has 3 rings (SSSR count). The molecule has 4 heteroatoms. The molecule has 1 atom stereocenters. The standard InChI is InChI=1S/C17H23N3O/c18-16(14-9-5-2-6-10-14)17-20-19-15(21-17)12-11-13-7-3-1-4-8-13/h2,5-6,9-10,13,16H,1,3-4,7-8,11-12,18H2. The van der Waals surface area contributed by atoms with Crippen molar-refractivity contribution in [1.29, 1.82) is 0 Å². The van der Waals surface area contributed by atoms with Crippen molar-refractivity contribution < 1.29 is 4.42 Å². The van der Waals surface area contributed by atoms with Crippen LogP contribution in [0.15, 0.2) is 34.7 Å². The van der Waals surface area contributed by atoms with Gasteiger partial charge in [-0.25, -0.2) is 0 Å². The van der Waals surface area contributed by atoms with Gasteiger partial charge >= 0.3 is 0 Å². The Hall–Kier alpha value is -1.68. The first-order chi connectivity index (χ1) is 10.3. The van der Waals surface area contributed by atoms with Gasteiger partial charge in [0.2, 0.25) is 11.8 Å².